The van der Waals surface area contributed by atoms with Gasteiger partial charge in [-0.05, 0) is 36.1 Å². The van der Waals surface area contributed by atoms with E-state index in [0.29, 0.717) is 0 Å². The second-order valence-corrected chi connectivity index (χ2v) is 6.52. The summed E-state index contributed by atoms with van der Waals surface area (Å²) < 4.78 is 0. The molecule has 0 aliphatic heterocycles. The van der Waals surface area contributed by atoms with E-state index in [1.54, 1.807) is 12.1 Å². The fraction of sp³-hybridized carbons (Fsp3) is 0.286. The third-order valence-electron chi connectivity index (χ3n) is 4.26. The molecule has 2 rings (SSSR count). The van der Waals surface area contributed by atoms with Crippen LogP contribution in [0.2, 0.25) is 0 Å². The third kappa shape index (κ3) is 6.58. The van der Waals surface area contributed by atoms with E-state index in [1.165, 1.54) is 19.1 Å². The third-order valence-corrected chi connectivity index (χ3v) is 4.26. The molecule has 0 saturated carbocycles. The lowest BCUT2D eigenvalue weighted by Crippen LogP contribution is -2.42. The quantitative estimate of drug-likeness (QED) is 0.629. The standard InChI is InChI=1S/C21H23NO5/c1-14(23)22-19(12-16-7-9-18(24)10-8-16)20(25)13-17(21(26)27)11-15-5-3-2-4-6-15/h2-10,17,19,24H,11-13H2,1H3,(H,22,23)(H,26,27). The van der Waals surface area contributed by atoms with Crippen molar-refractivity contribution in [2.45, 2.75) is 32.2 Å². The number of nitrogens with one attached hydrogen (secondary N) is 1. The fourth-order valence-electron chi connectivity index (χ4n) is 2.89. The molecule has 27 heavy (non-hydrogen) atoms. The molecule has 0 radical (unpaired) electrons. The van der Waals surface area contributed by atoms with Gasteiger partial charge in [0.15, 0.2) is 5.78 Å². The van der Waals surface area contributed by atoms with Crippen LogP contribution in [0.3, 0.4) is 0 Å². The number of carboxylic acid groups (broad SMARTS) is 1. The second kappa shape index (κ2) is 9.52. The monoisotopic (exact) mass is 369 g/mol. The molecular formula is C21H23NO5. The molecule has 0 fully saturated rings. The van der Waals surface area contributed by atoms with E-state index in [4.69, 9.17) is 0 Å². The SMILES string of the molecule is CC(=O)NC(Cc1ccc(O)cc1)C(=O)CC(Cc1ccccc1)C(=O)O. The average molecular weight is 369 g/mol. The van der Waals surface area contributed by atoms with Crippen LogP contribution < -0.4 is 5.32 Å². The Balaban J connectivity index is 2.10. The average Bonchev–Trinajstić information content (AvgIpc) is 2.62. The lowest BCUT2D eigenvalue weighted by atomic mass is 9.90. The molecule has 2 unspecified atom stereocenters. The smallest absolute Gasteiger partial charge is 0.307 e. The van der Waals surface area contributed by atoms with Crippen molar-refractivity contribution in [1.29, 1.82) is 0 Å². The number of hydrogen-bond acceptors (Lipinski definition) is 4. The first-order valence-corrected chi connectivity index (χ1v) is 8.69. The molecule has 6 nitrogen and oxygen atoms in total. The first kappa shape index (κ1) is 20.2. The van der Waals surface area contributed by atoms with E-state index in [1.807, 2.05) is 30.3 Å². The predicted molar refractivity (Wildman–Crippen MR) is 100 cm³/mol. The highest BCUT2D eigenvalue weighted by atomic mass is 16.4. The minimum atomic E-state index is -1.04. The van der Waals surface area contributed by atoms with Gasteiger partial charge >= 0.3 is 5.97 Å². The second-order valence-electron chi connectivity index (χ2n) is 6.52. The van der Waals surface area contributed by atoms with Crippen molar-refractivity contribution in [2.24, 2.45) is 5.92 Å². The maximum Gasteiger partial charge on any atom is 0.307 e. The molecule has 2 aromatic rings. The molecule has 0 bridgehead atoms. The molecule has 0 aromatic heterocycles. The summed E-state index contributed by atoms with van der Waals surface area (Å²) in [7, 11) is 0. The zero-order chi connectivity index (χ0) is 19.8. The Hall–Kier alpha value is -3.15. The van der Waals surface area contributed by atoms with Crippen molar-refractivity contribution in [3.05, 3.63) is 65.7 Å². The van der Waals surface area contributed by atoms with Crippen LogP contribution in [0.4, 0.5) is 0 Å². The van der Waals surface area contributed by atoms with Crippen molar-refractivity contribution < 1.29 is 24.6 Å². The first-order chi connectivity index (χ1) is 12.8. The molecule has 2 atom stereocenters. The number of carbonyl (C=O) groups excluding carboxylic acids is 2. The van der Waals surface area contributed by atoms with Crippen LogP contribution in [0.15, 0.2) is 54.6 Å². The van der Waals surface area contributed by atoms with Gasteiger partial charge < -0.3 is 15.5 Å². The number of aromatic hydroxyl groups is 1. The molecule has 142 valence electrons. The van der Waals surface area contributed by atoms with Crippen molar-refractivity contribution in [2.75, 3.05) is 0 Å². The number of amides is 1. The number of benzene rings is 2. The van der Waals surface area contributed by atoms with Crippen LogP contribution in [0, 0.1) is 5.92 Å². The molecule has 3 N–H and O–H groups in total. The van der Waals surface area contributed by atoms with E-state index >= 15 is 0 Å². The maximum atomic E-state index is 12.7. The van der Waals surface area contributed by atoms with Crippen LogP contribution in [-0.2, 0) is 27.2 Å². The summed E-state index contributed by atoms with van der Waals surface area (Å²) in [6, 6.07) is 14.6. The van der Waals surface area contributed by atoms with E-state index in [2.05, 4.69) is 5.32 Å². The zero-order valence-corrected chi connectivity index (χ0v) is 15.1. The van der Waals surface area contributed by atoms with Gasteiger partial charge in [-0.3, -0.25) is 14.4 Å². The number of aliphatic carboxylic acids is 1. The molecule has 0 saturated heterocycles. The minimum Gasteiger partial charge on any atom is -0.508 e. The van der Waals surface area contributed by atoms with Gasteiger partial charge in [-0.2, -0.15) is 0 Å². The molecule has 1 amide bonds. The van der Waals surface area contributed by atoms with Gasteiger partial charge in [0.1, 0.15) is 5.75 Å². The highest BCUT2D eigenvalue weighted by Crippen LogP contribution is 2.17. The summed E-state index contributed by atoms with van der Waals surface area (Å²) in [6.07, 6.45) is 0.303. The molecule has 6 heteroatoms. The molecular weight excluding hydrogens is 346 g/mol. The Kier molecular flexibility index (Phi) is 7.11. The number of carbonyl (C=O) groups is 3. The van der Waals surface area contributed by atoms with Crippen molar-refractivity contribution in [3.8, 4) is 5.75 Å². The first-order valence-electron chi connectivity index (χ1n) is 8.69. The Morgan fingerprint density at radius 2 is 1.52 bits per heavy atom. The minimum absolute atomic E-state index is 0.106. The molecule has 0 aliphatic carbocycles. The summed E-state index contributed by atoms with van der Waals surface area (Å²) >= 11 is 0. The topological polar surface area (TPSA) is 104 Å². The molecule has 0 aliphatic rings. The van der Waals surface area contributed by atoms with E-state index < -0.39 is 17.9 Å². The van der Waals surface area contributed by atoms with Gasteiger partial charge in [-0.15, -0.1) is 0 Å². The fourth-order valence-corrected chi connectivity index (χ4v) is 2.89. The number of Topliss-reactive ketones (excluding diaryl/α,β-unsaturated/α-hetero) is 1. The summed E-state index contributed by atoms with van der Waals surface area (Å²) in [5, 5.41) is 21.5. The lowest BCUT2D eigenvalue weighted by Gasteiger charge is -2.19. The number of ketones is 1. The van der Waals surface area contributed by atoms with Gasteiger partial charge in [0.05, 0.1) is 12.0 Å². The van der Waals surface area contributed by atoms with Crippen LogP contribution in [0.25, 0.3) is 0 Å². The van der Waals surface area contributed by atoms with Crippen LogP contribution >= 0.6 is 0 Å². The van der Waals surface area contributed by atoms with Gasteiger partial charge in [0.2, 0.25) is 5.91 Å². The Bertz CT molecular complexity index is 786. The summed E-state index contributed by atoms with van der Waals surface area (Å²) in [4.78, 5) is 35.8. The number of phenols is 1. The number of hydrogen-bond donors (Lipinski definition) is 3. The van der Waals surface area contributed by atoms with E-state index in [9.17, 15) is 24.6 Å². The predicted octanol–water partition coefficient (Wildman–Crippen LogP) is 2.34. The number of rotatable bonds is 9. The highest BCUT2D eigenvalue weighted by molar-refractivity contribution is 5.91. The van der Waals surface area contributed by atoms with Crippen molar-refractivity contribution >= 4 is 17.7 Å². The maximum absolute atomic E-state index is 12.7. The van der Waals surface area contributed by atoms with Crippen LogP contribution in [-0.4, -0.2) is 33.9 Å². The highest BCUT2D eigenvalue weighted by Gasteiger charge is 2.27. The Labute approximate surface area is 157 Å². The molecule has 0 heterocycles. The van der Waals surface area contributed by atoms with Gasteiger partial charge in [0.25, 0.3) is 0 Å². The number of phenolic OH excluding ortho intramolecular Hbond substituents is 1. The number of carboxylic acids is 1. The van der Waals surface area contributed by atoms with Gasteiger partial charge in [-0.1, -0.05) is 42.5 Å². The Morgan fingerprint density at radius 1 is 0.926 bits per heavy atom. The van der Waals surface area contributed by atoms with Gasteiger partial charge in [-0.25, -0.2) is 0 Å². The van der Waals surface area contributed by atoms with Crippen LogP contribution in [0.1, 0.15) is 24.5 Å². The molecule has 2 aromatic carbocycles. The summed E-state index contributed by atoms with van der Waals surface area (Å²) in [5.74, 6) is -2.49. The van der Waals surface area contributed by atoms with Crippen LogP contribution in [0.5, 0.6) is 5.75 Å². The summed E-state index contributed by atoms with van der Waals surface area (Å²) in [5.41, 5.74) is 1.60. The normalized spacial score (nSPS) is 12.8. The van der Waals surface area contributed by atoms with Crippen molar-refractivity contribution in [3.63, 3.8) is 0 Å². The van der Waals surface area contributed by atoms with E-state index in [-0.39, 0.29) is 36.7 Å². The molecule has 0 spiro atoms. The summed E-state index contributed by atoms with van der Waals surface area (Å²) in [6.45, 7) is 1.32. The lowest BCUT2D eigenvalue weighted by molar-refractivity contribution is -0.144. The van der Waals surface area contributed by atoms with Gasteiger partial charge in [0, 0.05) is 13.3 Å². The van der Waals surface area contributed by atoms with Crippen molar-refractivity contribution in [1.82, 2.24) is 5.32 Å². The zero-order valence-electron chi connectivity index (χ0n) is 15.1. The largest absolute Gasteiger partial charge is 0.508 e. The Morgan fingerprint density at radius 3 is 2.07 bits per heavy atom. The van der Waals surface area contributed by atoms with E-state index in [0.717, 1.165) is 11.1 Å².